The van der Waals surface area contributed by atoms with Crippen molar-refractivity contribution < 1.29 is 9.53 Å². The molecule has 0 aromatic heterocycles. The molecule has 1 amide bonds. The van der Waals surface area contributed by atoms with E-state index in [-0.39, 0.29) is 12.0 Å². The highest BCUT2D eigenvalue weighted by atomic mass is 16.5. The molecule has 2 fully saturated rings. The summed E-state index contributed by atoms with van der Waals surface area (Å²) in [5, 5.41) is 3.22. The first kappa shape index (κ1) is 15.7. The second-order valence-corrected chi connectivity index (χ2v) is 6.03. The Morgan fingerprint density at radius 3 is 2.95 bits per heavy atom. The predicted octanol–water partition coefficient (Wildman–Crippen LogP) is 0.698. The summed E-state index contributed by atoms with van der Waals surface area (Å²) in [5.41, 5.74) is 0. The molecule has 2 heterocycles. The molecule has 0 saturated carbocycles. The first-order valence-corrected chi connectivity index (χ1v) is 7.98. The second kappa shape index (κ2) is 7.96. The number of hydrogen-bond acceptors (Lipinski definition) is 4. The summed E-state index contributed by atoms with van der Waals surface area (Å²) in [6.07, 6.45) is 5.07. The molecule has 116 valence electrons. The lowest BCUT2D eigenvalue weighted by molar-refractivity contribution is -0.140. The Balaban J connectivity index is 1.84. The van der Waals surface area contributed by atoms with Gasteiger partial charge in [-0.25, -0.2) is 0 Å². The molecular weight excluding hydrogens is 254 g/mol. The van der Waals surface area contributed by atoms with Gasteiger partial charge in [0.05, 0.1) is 19.3 Å². The third kappa shape index (κ3) is 4.43. The average molecular weight is 283 g/mol. The van der Waals surface area contributed by atoms with Gasteiger partial charge in [0.2, 0.25) is 5.91 Å². The molecule has 1 N–H and O–H groups in total. The maximum Gasteiger partial charge on any atom is 0.236 e. The monoisotopic (exact) mass is 283 g/mol. The molecule has 5 heteroatoms. The van der Waals surface area contributed by atoms with Gasteiger partial charge in [0.25, 0.3) is 0 Å². The van der Waals surface area contributed by atoms with Crippen LogP contribution in [0.4, 0.5) is 0 Å². The number of carbonyl (C=O) groups excluding carboxylic acids is 1. The first-order valence-electron chi connectivity index (χ1n) is 7.98. The third-order valence-electron chi connectivity index (χ3n) is 4.41. The maximum atomic E-state index is 12.4. The molecule has 0 bridgehead atoms. The van der Waals surface area contributed by atoms with E-state index in [0.29, 0.717) is 19.2 Å². The van der Waals surface area contributed by atoms with Crippen molar-refractivity contribution in [1.82, 2.24) is 15.1 Å². The van der Waals surface area contributed by atoms with Crippen LogP contribution < -0.4 is 5.32 Å². The zero-order valence-corrected chi connectivity index (χ0v) is 12.9. The summed E-state index contributed by atoms with van der Waals surface area (Å²) in [7, 11) is 1.99. The van der Waals surface area contributed by atoms with Crippen LogP contribution in [0.2, 0.25) is 0 Å². The van der Waals surface area contributed by atoms with Gasteiger partial charge in [0, 0.05) is 19.1 Å². The van der Waals surface area contributed by atoms with Crippen molar-refractivity contribution >= 4 is 5.91 Å². The number of amides is 1. The number of rotatable bonds is 5. The summed E-state index contributed by atoms with van der Waals surface area (Å²) in [5.74, 6) is 0.275. The fourth-order valence-corrected chi connectivity index (χ4v) is 3.22. The number of nitrogens with zero attached hydrogens (tertiary/aromatic N) is 2. The summed E-state index contributed by atoms with van der Waals surface area (Å²) < 4.78 is 5.51. The molecule has 2 saturated heterocycles. The number of morpholine rings is 1. The predicted molar refractivity (Wildman–Crippen MR) is 79.7 cm³/mol. The van der Waals surface area contributed by atoms with Gasteiger partial charge >= 0.3 is 0 Å². The van der Waals surface area contributed by atoms with Crippen molar-refractivity contribution in [3.8, 4) is 0 Å². The Hall–Kier alpha value is -0.650. The Morgan fingerprint density at radius 2 is 2.20 bits per heavy atom. The average Bonchev–Trinajstić information content (AvgIpc) is 2.46. The summed E-state index contributed by atoms with van der Waals surface area (Å²) >= 11 is 0. The lowest BCUT2D eigenvalue weighted by Crippen LogP contribution is -2.51. The zero-order chi connectivity index (χ0) is 14.4. The quantitative estimate of drug-likeness (QED) is 0.807. The van der Waals surface area contributed by atoms with E-state index in [1.807, 2.05) is 18.9 Å². The van der Waals surface area contributed by atoms with Gasteiger partial charge in [-0.2, -0.15) is 0 Å². The highest BCUT2D eigenvalue weighted by Crippen LogP contribution is 2.19. The van der Waals surface area contributed by atoms with Crippen LogP contribution in [-0.4, -0.2) is 74.2 Å². The normalized spacial score (nSPS) is 28.6. The van der Waals surface area contributed by atoms with Crippen LogP contribution in [0.3, 0.4) is 0 Å². The molecule has 2 aliphatic heterocycles. The topological polar surface area (TPSA) is 44.8 Å². The Labute approximate surface area is 122 Å². The van der Waals surface area contributed by atoms with Crippen molar-refractivity contribution in [3.05, 3.63) is 0 Å². The molecule has 2 atom stereocenters. The Kier molecular flexibility index (Phi) is 6.26. The lowest BCUT2D eigenvalue weighted by atomic mass is 9.99. The largest absolute Gasteiger partial charge is 0.375 e. The smallest absolute Gasteiger partial charge is 0.236 e. The molecular formula is C15H29N3O2. The second-order valence-electron chi connectivity index (χ2n) is 6.03. The van der Waals surface area contributed by atoms with Gasteiger partial charge in [0.15, 0.2) is 0 Å². The maximum absolute atomic E-state index is 12.4. The zero-order valence-electron chi connectivity index (χ0n) is 12.9. The van der Waals surface area contributed by atoms with E-state index < -0.39 is 0 Å². The molecule has 2 rings (SSSR count). The van der Waals surface area contributed by atoms with Crippen molar-refractivity contribution in [3.63, 3.8) is 0 Å². The van der Waals surface area contributed by atoms with Gasteiger partial charge in [-0.3, -0.25) is 9.69 Å². The van der Waals surface area contributed by atoms with E-state index in [1.54, 1.807) is 0 Å². The summed E-state index contributed by atoms with van der Waals surface area (Å²) in [6.45, 7) is 6.89. The first-order chi connectivity index (χ1) is 9.70. The summed E-state index contributed by atoms with van der Waals surface area (Å²) in [6, 6.07) is 0.568. The van der Waals surface area contributed by atoms with Crippen LogP contribution in [0.15, 0.2) is 0 Å². The molecule has 0 spiro atoms. The molecule has 0 aliphatic carbocycles. The third-order valence-corrected chi connectivity index (χ3v) is 4.41. The Bertz CT molecular complexity index is 311. The van der Waals surface area contributed by atoms with Gasteiger partial charge < -0.3 is 15.0 Å². The van der Waals surface area contributed by atoms with Crippen LogP contribution in [0, 0.1) is 0 Å². The van der Waals surface area contributed by atoms with Gasteiger partial charge in [-0.15, -0.1) is 0 Å². The fraction of sp³-hybridized carbons (Fsp3) is 0.933. The molecule has 0 aromatic rings. The van der Waals surface area contributed by atoms with Crippen molar-refractivity contribution in [1.29, 1.82) is 0 Å². The van der Waals surface area contributed by atoms with Gasteiger partial charge in [-0.05, 0) is 46.3 Å². The number of ether oxygens (including phenoxy) is 1. The minimum Gasteiger partial charge on any atom is -0.375 e. The molecule has 2 aliphatic rings. The minimum atomic E-state index is 0.175. The van der Waals surface area contributed by atoms with E-state index in [0.717, 1.165) is 32.6 Å². The van der Waals surface area contributed by atoms with Crippen LogP contribution in [-0.2, 0) is 9.53 Å². The van der Waals surface area contributed by atoms with E-state index in [2.05, 4.69) is 10.2 Å². The highest BCUT2D eigenvalue weighted by molar-refractivity contribution is 5.78. The Morgan fingerprint density at radius 1 is 1.35 bits per heavy atom. The van der Waals surface area contributed by atoms with Crippen molar-refractivity contribution in [2.45, 2.75) is 44.8 Å². The van der Waals surface area contributed by atoms with Gasteiger partial charge in [-0.1, -0.05) is 6.42 Å². The van der Waals surface area contributed by atoms with Crippen molar-refractivity contribution in [2.24, 2.45) is 0 Å². The standard InChI is InChI=1S/C15H29N3O2/c1-13-11-18(9-10-20-13)15(19)12-17-8-4-3-5-14(17)6-7-16-2/h13-14,16H,3-12H2,1-2H3. The van der Waals surface area contributed by atoms with E-state index >= 15 is 0 Å². The number of likely N-dealkylation sites (tertiary alicyclic amines) is 1. The van der Waals surface area contributed by atoms with E-state index in [9.17, 15) is 4.79 Å². The van der Waals surface area contributed by atoms with Crippen LogP contribution in [0.1, 0.15) is 32.6 Å². The number of carbonyl (C=O) groups is 1. The fourth-order valence-electron chi connectivity index (χ4n) is 3.22. The lowest BCUT2D eigenvalue weighted by Gasteiger charge is -2.38. The molecule has 2 unspecified atom stereocenters. The molecule has 0 aromatic carbocycles. The van der Waals surface area contributed by atoms with Crippen molar-refractivity contribution in [2.75, 3.05) is 46.4 Å². The van der Waals surface area contributed by atoms with Crippen LogP contribution >= 0.6 is 0 Å². The van der Waals surface area contributed by atoms with E-state index in [4.69, 9.17) is 4.74 Å². The minimum absolute atomic E-state index is 0.175. The van der Waals surface area contributed by atoms with Crippen LogP contribution in [0.25, 0.3) is 0 Å². The number of nitrogens with one attached hydrogen (secondary N) is 1. The SMILES string of the molecule is CNCCC1CCCCN1CC(=O)N1CCOC(C)C1. The summed E-state index contributed by atoms with van der Waals surface area (Å²) in [4.78, 5) is 16.8. The number of piperidine rings is 1. The highest BCUT2D eigenvalue weighted by Gasteiger charge is 2.27. The molecule has 20 heavy (non-hydrogen) atoms. The van der Waals surface area contributed by atoms with Crippen LogP contribution in [0.5, 0.6) is 0 Å². The van der Waals surface area contributed by atoms with E-state index in [1.165, 1.54) is 19.3 Å². The number of hydrogen-bond donors (Lipinski definition) is 1. The molecule has 5 nitrogen and oxygen atoms in total. The van der Waals surface area contributed by atoms with Gasteiger partial charge in [0.1, 0.15) is 0 Å². The molecule has 0 radical (unpaired) electrons.